The van der Waals surface area contributed by atoms with Crippen LogP contribution in [-0.2, 0) is 4.84 Å². The number of aromatic nitrogens is 1. The number of hydrogen-bond acceptors (Lipinski definition) is 5. The summed E-state index contributed by atoms with van der Waals surface area (Å²) in [4.78, 5) is 20.6. The summed E-state index contributed by atoms with van der Waals surface area (Å²) in [6, 6.07) is 6.77. The van der Waals surface area contributed by atoms with Gasteiger partial charge in [-0.3, -0.25) is 9.63 Å². The second kappa shape index (κ2) is 7.98. The van der Waals surface area contributed by atoms with Gasteiger partial charge in [0.25, 0.3) is 5.91 Å². The number of anilines is 2. The summed E-state index contributed by atoms with van der Waals surface area (Å²) in [6.45, 7) is 1.85. The number of nitrogens with zero attached hydrogens (tertiary/aromatic N) is 2. The smallest absolute Gasteiger partial charge is 0.278 e. The van der Waals surface area contributed by atoms with E-state index in [9.17, 15) is 13.6 Å². The van der Waals surface area contributed by atoms with E-state index in [0.29, 0.717) is 3.57 Å². The predicted molar refractivity (Wildman–Crippen MR) is 90.4 cm³/mol. The summed E-state index contributed by atoms with van der Waals surface area (Å²) in [5.41, 5.74) is 1.39. The largest absolute Gasteiger partial charge is 0.337 e. The van der Waals surface area contributed by atoms with Crippen LogP contribution in [0.2, 0.25) is 0 Å². The molecule has 1 aromatic carbocycles. The van der Waals surface area contributed by atoms with Gasteiger partial charge in [0.1, 0.15) is 17.7 Å². The molecule has 0 atom stereocenters. The van der Waals surface area contributed by atoms with Crippen molar-refractivity contribution < 1.29 is 18.4 Å². The first kappa shape index (κ1) is 18.0. The van der Waals surface area contributed by atoms with Crippen molar-refractivity contribution in [2.75, 3.05) is 11.9 Å². The van der Waals surface area contributed by atoms with Gasteiger partial charge >= 0.3 is 0 Å². The Hall–Kier alpha value is -2.32. The van der Waals surface area contributed by atoms with Gasteiger partial charge in [-0.05, 0) is 53.8 Å². The minimum Gasteiger partial charge on any atom is -0.337 e. The monoisotopic (exact) mass is 444 g/mol. The van der Waals surface area contributed by atoms with Crippen LogP contribution in [-0.4, -0.2) is 17.5 Å². The lowest BCUT2D eigenvalue weighted by Gasteiger charge is -2.12. The van der Waals surface area contributed by atoms with E-state index < -0.39 is 23.2 Å². The lowest BCUT2D eigenvalue weighted by Crippen LogP contribution is -2.25. The van der Waals surface area contributed by atoms with Crippen LogP contribution in [0.3, 0.4) is 0 Å². The van der Waals surface area contributed by atoms with Gasteiger partial charge in [-0.1, -0.05) is 0 Å². The minimum atomic E-state index is -0.965. The van der Waals surface area contributed by atoms with Gasteiger partial charge in [-0.15, -0.1) is 0 Å². The topological polar surface area (TPSA) is 87.0 Å². The molecule has 124 valence electrons. The molecule has 0 saturated heterocycles. The number of carbonyl (C=O) groups is 1. The van der Waals surface area contributed by atoms with Gasteiger partial charge < -0.3 is 5.32 Å². The molecular weight excluding hydrogens is 433 g/mol. The Morgan fingerprint density at radius 3 is 2.75 bits per heavy atom. The molecule has 6 nitrogen and oxygen atoms in total. The van der Waals surface area contributed by atoms with Crippen LogP contribution in [0.1, 0.15) is 23.0 Å². The highest BCUT2D eigenvalue weighted by Crippen LogP contribution is 2.24. The number of benzene rings is 1. The van der Waals surface area contributed by atoms with Gasteiger partial charge in [0.05, 0.1) is 17.9 Å². The molecule has 9 heteroatoms. The summed E-state index contributed by atoms with van der Waals surface area (Å²) < 4.78 is 28.4. The Labute approximate surface area is 149 Å². The first-order valence-corrected chi connectivity index (χ1v) is 7.79. The minimum absolute atomic E-state index is 0.0314. The molecule has 1 aromatic heterocycles. The molecular formula is C15H11F2IN4O2. The number of hydroxylamine groups is 1. The number of pyridine rings is 1. The molecule has 1 heterocycles. The standard InChI is InChI=1S/C15H11F2IN4O2/c1-2-24-22-15(23)9-6-11(17)13(7-19)21-14(9)20-12-4-3-8(18)5-10(12)16/h3-6H,2H2,1H3,(H,20,21)(H,22,23). The molecule has 0 radical (unpaired) electrons. The molecule has 1 amide bonds. The third-order valence-electron chi connectivity index (χ3n) is 2.82. The van der Waals surface area contributed by atoms with E-state index in [1.165, 1.54) is 12.1 Å². The van der Waals surface area contributed by atoms with Crippen LogP contribution < -0.4 is 10.8 Å². The van der Waals surface area contributed by atoms with Crippen molar-refractivity contribution >= 4 is 40.0 Å². The number of amides is 1. The SMILES string of the molecule is CCONC(=O)c1cc(F)c(C#N)nc1Nc1ccc(I)cc1F. The molecule has 0 aliphatic rings. The molecule has 0 bridgehead atoms. The molecule has 2 rings (SSSR count). The van der Waals surface area contributed by atoms with E-state index in [0.717, 1.165) is 6.07 Å². The van der Waals surface area contributed by atoms with Gasteiger partial charge in [-0.25, -0.2) is 19.2 Å². The summed E-state index contributed by atoms with van der Waals surface area (Å²) in [5, 5.41) is 11.5. The second-order valence-corrected chi connectivity index (χ2v) is 5.69. The Kier molecular flexibility index (Phi) is 5.99. The molecule has 0 fully saturated rings. The average Bonchev–Trinajstić information content (AvgIpc) is 2.56. The fraction of sp³-hybridized carbons (Fsp3) is 0.133. The molecule has 0 saturated carbocycles. The van der Waals surface area contributed by atoms with Crippen LogP contribution in [0.25, 0.3) is 0 Å². The van der Waals surface area contributed by atoms with Crippen LogP contribution in [0.4, 0.5) is 20.3 Å². The Morgan fingerprint density at radius 2 is 2.12 bits per heavy atom. The van der Waals surface area contributed by atoms with Crippen LogP contribution in [0.5, 0.6) is 0 Å². The Bertz CT molecular complexity index is 824. The third-order valence-corrected chi connectivity index (χ3v) is 3.49. The maximum Gasteiger partial charge on any atom is 0.278 e. The van der Waals surface area contributed by atoms with Crippen molar-refractivity contribution in [3.05, 3.63) is 50.7 Å². The zero-order valence-electron chi connectivity index (χ0n) is 12.4. The van der Waals surface area contributed by atoms with Crippen molar-refractivity contribution in [3.8, 4) is 6.07 Å². The maximum atomic E-state index is 14.0. The van der Waals surface area contributed by atoms with E-state index >= 15 is 0 Å². The van der Waals surface area contributed by atoms with Gasteiger partial charge in [0, 0.05) is 3.57 Å². The van der Waals surface area contributed by atoms with Gasteiger partial charge in [0.2, 0.25) is 0 Å². The van der Waals surface area contributed by atoms with Crippen molar-refractivity contribution in [3.63, 3.8) is 0 Å². The van der Waals surface area contributed by atoms with Crippen molar-refractivity contribution in [1.29, 1.82) is 5.26 Å². The normalized spacial score (nSPS) is 10.1. The lowest BCUT2D eigenvalue weighted by molar-refractivity contribution is 0.0364. The quantitative estimate of drug-likeness (QED) is 0.546. The summed E-state index contributed by atoms with van der Waals surface area (Å²) >= 11 is 1.94. The van der Waals surface area contributed by atoms with Crippen molar-refractivity contribution in [2.45, 2.75) is 6.92 Å². The summed E-state index contributed by atoms with van der Waals surface area (Å²) in [6.07, 6.45) is 0. The number of nitrogens with one attached hydrogen (secondary N) is 2. The van der Waals surface area contributed by atoms with E-state index in [2.05, 4.69) is 15.8 Å². The highest BCUT2D eigenvalue weighted by molar-refractivity contribution is 14.1. The summed E-state index contributed by atoms with van der Waals surface area (Å²) in [7, 11) is 0. The molecule has 0 aliphatic carbocycles. The van der Waals surface area contributed by atoms with Crippen LogP contribution in [0, 0.1) is 26.5 Å². The highest BCUT2D eigenvalue weighted by atomic mass is 127. The number of hydrogen-bond donors (Lipinski definition) is 2. The first-order chi connectivity index (χ1) is 11.5. The third kappa shape index (κ3) is 4.15. The fourth-order valence-electron chi connectivity index (χ4n) is 1.75. The maximum absolute atomic E-state index is 14.0. The van der Waals surface area contributed by atoms with Gasteiger partial charge in [-0.2, -0.15) is 5.26 Å². The average molecular weight is 444 g/mol. The van der Waals surface area contributed by atoms with E-state index in [-0.39, 0.29) is 23.7 Å². The van der Waals surface area contributed by atoms with E-state index in [4.69, 9.17) is 10.1 Å². The fourth-order valence-corrected chi connectivity index (χ4v) is 2.20. The Balaban J connectivity index is 2.46. The highest BCUT2D eigenvalue weighted by Gasteiger charge is 2.19. The molecule has 24 heavy (non-hydrogen) atoms. The van der Waals surface area contributed by atoms with Crippen LogP contribution in [0.15, 0.2) is 24.3 Å². The summed E-state index contributed by atoms with van der Waals surface area (Å²) in [5.74, 6) is -2.48. The number of rotatable bonds is 5. The molecule has 0 unspecified atom stereocenters. The van der Waals surface area contributed by atoms with Crippen molar-refractivity contribution in [2.24, 2.45) is 0 Å². The van der Waals surface area contributed by atoms with E-state index in [1.807, 2.05) is 22.6 Å². The molecule has 0 spiro atoms. The first-order valence-electron chi connectivity index (χ1n) is 6.71. The Morgan fingerprint density at radius 1 is 1.38 bits per heavy atom. The van der Waals surface area contributed by atoms with Gasteiger partial charge in [0.15, 0.2) is 11.5 Å². The van der Waals surface area contributed by atoms with E-state index in [1.54, 1.807) is 19.1 Å². The zero-order valence-corrected chi connectivity index (χ0v) is 14.5. The number of carbonyl (C=O) groups excluding carboxylic acids is 1. The lowest BCUT2D eigenvalue weighted by atomic mass is 10.2. The van der Waals surface area contributed by atoms with Crippen molar-refractivity contribution in [1.82, 2.24) is 10.5 Å². The predicted octanol–water partition coefficient (Wildman–Crippen LogP) is 3.26. The number of nitriles is 1. The second-order valence-electron chi connectivity index (χ2n) is 4.44. The molecule has 2 N–H and O–H groups in total. The molecule has 0 aliphatic heterocycles. The zero-order chi connectivity index (χ0) is 17.7. The van der Waals surface area contributed by atoms with Crippen LogP contribution >= 0.6 is 22.6 Å². The number of halogens is 3. The molecule has 2 aromatic rings.